The van der Waals surface area contributed by atoms with Crippen LogP contribution in [0.4, 0.5) is 17.1 Å². The number of fused-ring (bicyclic) bond motifs is 5. The SMILES string of the molecule is [2H]c1c([2H])c([2H])c2c(N(c3cccc(-c4cccc5ccccc45)c3)c3ccc4c(c3)C(c3ccccc3)(c3ccccc3)c3ccccc3-4)c([2H])c([2H])c([2H])c2c1[2H]. The standard InChI is InChI=1S/C51H35N/c1-3-21-39(22-4-1)51(40-23-5-2-6-24-40)48-30-12-11-28-46(48)47-33-32-42(35-49(47)51)52(50-31-15-19-37-17-8-10-27-45(37)50)41-25-13-20-38(34-41)44-29-14-18-36-16-7-9-26-43(36)44/h1-35H/i8D,10D,15D,17D,19D,27D,31D. The normalized spacial score (nSPS) is 14.7. The first-order valence-corrected chi connectivity index (χ1v) is 17.5. The van der Waals surface area contributed by atoms with Gasteiger partial charge in [-0.05, 0) is 91.0 Å². The van der Waals surface area contributed by atoms with Crippen LogP contribution in [0.3, 0.4) is 0 Å². The molecule has 0 bridgehead atoms. The molecule has 0 amide bonds. The fourth-order valence-corrected chi connectivity index (χ4v) is 8.24. The number of hydrogen-bond donors (Lipinski definition) is 0. The molecule has 0 N–H and O–H groups in total. The van der Waals surface area contributed by atoms with Gasteiger partial charge in [-0.3, -0.25) is 0 Å². The summed E-state index contributed by atoms with van der Waals surface area (Å²) in [6.07, 6.45) is 0. The summed E-state index contributed by atoms with van der Waals surface area (Å²) < 4.78 is 63.1. The second kappa shape index (κ2) is 12.3. The van der Waals surface area contributed by atoms with E-state index >= 15 is 0 Å². The summed E-state index contributed by atoms with van der Waals surface area (Å²) in [5, 5.41) is 2.07. The monoisotopic (exact) mass is 668 g/mol. The van der Waals surface area contributed by atoms with Crippen molar-refractivity contribution in [3.05, 3.63) is 234 Å². The van der Waals surface area contributed by atoms with E-state index in [-0.39, 0.29) is 28.5 Å². The molecule has 244 valence electrons. The van der Waals surface area contributed by atoms with E-state index in [1.165, 1.54) is 0 Å². The first kappa shape index (κ1) is 23.7. The summed E-state index contributed by atoms with van der Waals surface area (Å²) in [5.41, 5.74) is 8.93. The van der Waals surface area contributed by atoms with E-state index < -0.39 is 35.6 Å². The van der Waals surface area contributed by atoms with Crippen molar-refractivity contribution in [2.24, 2.45) is 0 Å². The molecule has 0 spiro atoms. The summed E-state index contributed by atoms with van der Waals surface area (Å²) in [6, 6.07) is 54.9. The van der Waals surface area contributed by atoms with Gasteiger partial charge >= 0.3 is 0 Å². The first-order valence-electron chi connectivity index (χ1n) is 21.0. The predicted molar refractivity (Wildman–Crippen MR) is 219 cm³/mol. The van der Waals surface area contributed by atoms with Crippen molar-refractivity contribution in [2.45, 2.75) is 5.41 Å². The maximum absolute atomic E-state index is 9.57. The van der Waals surface area contributed by atoms with Crippen LogP contribution in [0.1, 0.15) is 31.8 Å². The highest BCUT2D eigenvalue weighted by atomic mass is 15.1. The molecule has 1 nitrogen and oxygen atoms in total. The summed E-state index contributed by atoms with van der Waals surface area (Å²) in [4.78, 5) is 1.85. The van der Waals surface area contributed by atoms with Crippen LogP contribution >= 0.6 is 0 Å². The average Bonchev–Trinajstić information content (AvgIpc) is 3.58. The summed E-state index contributed by atoms with van der Waals surface area (Å²) in [7, 11) is 0. The van der Waals surface area contributed by atoms with Crippen molar-refractivity contribution >= 4 is 38.6 Å². The number of rotatable bonds is 6. The largest absolute Gasteiger partial charge is 0.310 e. The van der Waals surface area contributed by atoms with Crippen LogP contribution in [0.15, 0.2) is 212 Å². The Morgan fingerprint density at radius 1 is 0.404 bits per heavy atom. The Morgan fingerprint density at radius 3 is 1.88 bits per heavy atom. The van der Waals surface area contributed by atoms with E-state index in [1.54, 1.807) is 0 Å². The molecule has 0 aliphatic heterocycles. The highest BCUT2D eigenvalue weighted by Crippen LogP contribution is 2.57. The summed E-state index contributed by atoms with van der Waals surface area (Å²) in [6.45, 7) is 0. The number of hydrogen-bond acceptors (Lipinski definition) is 1. The molecule has 0 saturated carbocycles. The van der Waals surface area contributed by atoms with E-state index in [0.29, 0.717) is 11.4 Å². The molecule has 52 heavy (non-hydrogen) atoms. The third kappa shape index (κ3) is 4.63. The molecule has 9 aromatic rings. The Kier molecular flexibility index (Phi) is 5.58. The molecule has 0 atom stereocenters. The van der Waals surface area contributed by atoms with Crippen LogP contribution in [-0.4, -0.2) is 0 Å². The van der Waals surface area contributed by atoms with Crippen LogP contribution in [0.2, 0.25) is 0 Å². The fourth-order valence-electron chi connectivity index (χ4n) is 8.24. The van der Waals surface area contributed by atoms with Crippen LogP contribution in [0.25, 0.3) is 43.8 Å². The lowest BCUT2D eigenvalue weighted by atomic mass is 9.67. The van der Waals surface area contributed by atoms with Crippen molar-refractivity contribution in [3.63, 3.8) is 0 Å². The van der Waals surface area contributed by atoms with Crippen molar-refractivity contribution in [3.8, 4) is 22.3 Å². The molecule has 0 radical (unpaired) electrons. The van der Waals surface area contributed by atoms with Gasteiger partial charge in [-0.1, -0.05) is 182 Å². The average molecular weight is 669 g/mol. The minimum absolute atomic E-state index is 0.0127. The van der Waals surface area contributed by atoms with Crippen molar-refractivity contribution in [1.82, 2.24) is 0 Å². The number of nitrogens with zero attached hydrogens (tertiary/aromatic N) is 1. The van der Waals surface area contributed by atoms with Crippen LogP contribution in [-0.2, 0) is 5.41 Å². The minimum Gasteiger partial charge on any atom is -0.310 e. The Hall–Kier alpha value is -6.70. The molecule has 1 heteroatoms. The zero-order valence-electron chi connectivity index (χ0n) is 35.1. The molecule has 0 saturated heterocycles. The van der Waals surface area contributed by atoms with Gasteiger partial charge in [0.25, 0.3) is 0 Å². The van der Waals surface area contributed by atoms with E-state index in [9.17, 15) is 2.74 Å². The van der Waals surface area contributed by atoms with Crippen LogP contribution < -0.4 is 4.90 Å². The van der Waals surface area contributed by atoms with Crippen LogP contribution in [0, 0.1) is 0 Å². The van der Waals surface area contributed by atoms with Crippen LogP contribution in [0.5, 0.6) is 0 Å². The Morgan fingerprint density at radius 2 is 1.04 bits per heavy atom. The molecular weight excluding hydrogens is 627 g/mol. The van der Waals surface area contributed by atoms with Gasteiger partial charge in [-0.25, -0.2) is 0 Å². The number of benzene rings is 9. The zero-order chi connectivity index (χ0) is 40.6. The molecule has 0 heterocycles. The Bertz CT molecular complexity index is 3090. The van der Waals surface area contributed by atoms with Crippen molar-refractivity contribution in [1.29, 1.82) is 0 Å². The van der Waals surface area contributed by atoms with Gasteiger partial charge in [0.05, 0.1) is 20.7 Å². The van der Waals surface area contributed by atoms with Gasteiger partial charge in [0, 0.05) is 16.8 Å². The van der Waals surface area contributed by atoms with E-state index in [4.69, 9.17) is 6.85 Å². The molecule has 0 fully saturated rings. The lowest BCUT2D eigenvalue weighted by Gasteiger charge is -2.35. The second-order valence-electron chi connectivity index (χ2n) is 13.1. The van der Waals surface area contributed by atoms with Crippen molar-refractivity contribution in [2.75, 3.05) is 4.90 Å². The molecule has 1 aliphatic carbocycles. The minimum atomic E-state index is -0.748. The maximum Gasteiger partial charge on any atom is 0.0714 e. The molecule has 1 aliphatic rings. The lowest BCUT2D eigenvalue weighted by Crippen LogP contribution is -2.28. The molecule has 9 aromatic carbocycles. The summed E-state index contributed by atoms with van der Waals surface area (Å²) >= 11 is 0. The molecule has 10 rings (SSSR count). The molecule has 0 aromatic heterocycles. The quantitative estimate of drug-likeness (QED) is 0.170. The van der Waals surface area contributed by atoms with Gasteiger partial charge < -0.3 is 4.90 Å². The van der Waals surface area contributed by atoms with Crippen molar-refractivity contribution < 1.29 is 9.60 Å². The summed E-state index contributed by atoms with van der Waals surface area (Å²) in [5.74, 6) is 0. The highest BCUT2D eigenvalue weighted by molar-refractivity contribution is 6.01. The van der Waals surface area contributed by atoms with E-state index in [1.807, 2.05) is 65.6 Å². The van der Waals surface area contributed by atoms with Gasteiger partial charge in [-0.2, -0.15) is 0 Å². The highest BCUT2D eigenvalue weighted by Gasteiger charge is 2.46. The molecule has 0 unspecified atom stereocenters. The Labute approximate surface area is 314 Å². The Balaban J connectivity index is 1.33. The third-order valence-corrected chi connectivity index (χ3v) is 10.4. The smallest absolute Gasteiger partial charge is 0.0714 e. The third-order valence-electron chi connectivity index (χ3n) is 10.4. The van der Waals surface area contributed by atoms with Gasteiger partial charge in [0.1, 0.15) is 0 Å². The van der Waals surface area contributed by atoms with Gasteiger partial charge in [-0.15, -0.1) is 0 Å². The molecular formula is C51H35N. The zero-order valence-corrected chi connectivity index (χ0v) is 28.1. The maximum atomic E-state index is 9.57. The van der Waals surface area contributed by atoms with Gasteiger partial charge in [0.2, 0.25) is 0 Å². The fraction of sp³-hybridized carbons (Fsp3) is 0.0196. The van der Waals surface area contributed by atoms with Gasteiger partial charge in [0.15, 0.2) is 0 Å². The first-order chi connectivity index (χ1) is 28.7. The topological polar surface area (TPSA) is 3.24 Å². The predicted octanol–water partition coefficient (Wildman–Crippen LogP) is 13.5. The van der Waals surface area contributed by atoms with E-state index in [2.05, 4.69) is 109 Å². The second-order valence-corrected chi connectivity index (χ2v) is 13.1. The van der Waals surface area contributed by atoms with E-state index in [0.717, 1.165) is 55.3 Å². The number of anilines is 3. The lowest BCUT2D eigenvalue weighted by molar-refractivity contribution is 0.768.